The van der Waals surface area contributed by atoms with Crippen molar-refractivity contribution in [1.82, 2.24) is 14.7 Å². The highest BCUT2D eigenvalue weighted by Crippen LogP contribution is 2.49. The van der Waals surface area contributed by atoms with Crippen LogP contribution < -0.4 is 14.2 Å². The molecule has 6 aliphatic rings. The minimum atomic E-state index is -1.26. The van der Waals surface area contributed by atoms with E-state index in [2.05, 4.69) is 65.8 Å². The molecular formula is C58H77N3O12. The maximum Gasteiger partial charge on any atom is 0.415 e. The van der Waals surface area contributed by atoms with Crippen LogP contribution in [0.3, 0.4) is 0 Å². The summed E-state index contributed by atoms with van der Waals surface area (Å²) >= 11 is 0. The van der Waals surface area contributed by atoms with E-state index in [4.69, 9.17) is 18.9 Å². The molecule has 2 unspecified atom stereocenters. The molecule has 2 aromatic rings. The summed E-state index contributed by atoms with van der Waals surface area (Å²) in [5.41, 5.74) is 5.44. The molecule has 7 atom stereocenters. The van der Waals surface area contributed by atoms with E-state index < -0.39 is 47.4 Å². The number of benzene rings is 2. The Kier molecular flexibility index (Phi) is 16.2. The second kappa shape index (κ2) is 22.1. The van der Waals surface area contributed by atoms with Crippen LogP contribution in [0.25, 0.3) is 0 Å². The van der Waals surface area contributed by atoms with Gasteiger partial charge in [-0.1, -0.05) is 46.6 Å². The van der Waals surface area contributed by atoms with Gasteiger partial charge in [0.15, 0.2) is 0 Å². The Labute approximate surface area is 430 Å². The van der Waals surface area contributed by atoms with Gasteiger partial charge in [0.05, 0.1) is 61.7 Å². The number of morpholine rings is 1. The predicted octanol–water partition coefficient (Wildman–Crippen LogP) is 9.65. The average Bonchev–Trinajstić information content (AvgIpc) is 3.95. The molecule has 73 heavy (non-hydrogen) atoms. The molecule has 15 nitrogen and oxygen atoms in total. The fourth-order valence-corrected chi connectivity index (χ4v) is 11.4. The van der Waals surface area contributed by atoms with Crippen LogP contribution in [0, 0.1) is 0 Å². The number of carboxylic acids is 1. The van der Waals surface area contributed by atoms with Gasteiger partial charge in [-0.25, -0.2) is 9.59 Å². The van der Waals surface area contributed by atoms with Crippen LogP contribution in [0.2, 0.25) is 0 Å². The van der Waals surface area contributed by atoms with E-state index in [0.29, 0.717) is 78.1 Å². The number of aromatic hydroxyl groups is 1. The van der Waals surface area contributed by atoms with Crippen molar-refractivity contribution in [1.29, 1.82) is 0 Å². The zero-order valence-electron chi connectivity index (χ0n) is 44.2. The van der Waals surface area contributed by atoms with Crippen molar-refractivity contribution in [3.8, 4) is 23.0 Å². The number of carbonyl (C=O) groups excluding carboxylic acids is 3. The molecule has 2 fully saturated rings. The molecule has 2 aromatic carbocycles. The number of aliphatic carboxylic acids is 1. The smallest absolute Gasteiger partial charge is 0.415 e. The maximum absolute atomic E-state index is 14.4. The van der Waals surface area contributed by atoms with Crippen LogP contribution in [-0.4, -0.2) is 120 Å². The summed E-state index contributed by atoms with van der Waals surface area (Å²) in [7, 11) is 0. The first-order valence-electron chi connectivity index (χ1n) is 26.5. The third kappa shape index (κ3) is 11.7. The molecular weight excluding hydrogens is 931 g/mol. The number of nitrogens with zero attached hydrogens (tertiary/aromatic N) is 3. The number of hydrogen-bond acceptors (Lipinski definition) is 11. The summed E-state index contributed by atoms with van der Waals surface area (Å²) in [5.74, 6) is -1.40. The summed E-state index contributed by atoms with van der Waals surface area (Å²) in [6.45, 7) is 17.3. The van der Waals surface area contributed by atoms with E-state index >= 15 is 0 Å². The van der Waals surface area contributed by atoms with Crippen LogP contribution in [0.5, 0.6) is 23.0 Å². The predicted molar refractivity (Wildman–Crippen MR) is 276 cm³/mol. The lowest BCUT2D eigenvalue weighted by Gasteiger charge is -2.41. The molecule has 0 aromatic heterocycles. The number of hydrogen-bond donors (Lipinski definition) is 4. The Bertz CT molecular complexity index is 2600. The van der Waals surface area contributed by atoms with E-state index in [1.165, 1.54) is 33.3 Å². The number of fused-ring (bicyclic) bond motifs is 8. The lowest BCUT2D eigenvalue weighted by atomic mass is 9.84. The molecule has 0 aliphatic carbocycles. The molecule has 0 spiro atoms. The van der Waals surface area contributed by atoms with Gasteiger partial charge >= 0.3 is 12.1 Å². The number of aliphatic hydroxyl groups is 2. The second-order valence-corrected chi connectivity index (χ2v) is 22.4. The van der Waals surface area contributed by atoms with Crippen molar-refractivity contribution in [3.05, 3.63) is 92.1 Å². The average molecular weight is 1010 g/mol. The van der Waals surface area contributed by atoms with Crippen molar-refractivity contribution in [3.63, 3.8) is 0 Å². The topological polar surface area (TPSA) is 196 Å². The van der Waals surface area contributed by atoms with Crippen molar-refractivity contribution in [2.75, 3.05) is 19.6 Å². The SMILES string of the molecule is CC(C)=CCC/C(C)=C/CC[C@@]1(C)Oc2c(c(O)cc3c2CN([C@@H](CCCN2Cc4c(cc(OC(=O)N5CC6CCC(C5)O6)c5c4O[C@](C)(CC/C=C(\C)CCC=C(C)C)[C@@H](O)C5)C2=O)C(=O)O)C3=O)C[C@@H]1O. The largest absolute Gasteiger partial charge is 0.508 e. The number of amides is 3. The van der Waals surface area contributed by atoms with Crippen LogP contribution in [-0.2, 0) is 35.5 Å². The Hall–Kier alpha value is -5.64. The number of allylic oxidation sites excluding steroid dienone is 8. The molecule has 0 radical (unpaired) electrons. The summed E-state index contributed by atoms with van der Waals surface area (Å²) in [5, 5.41) is 44.9. The standard InChI is InChI=1S/C58H77N3O12/c1-34(2)14-9-16-36(5)18-11-23-57(7)49(63)28-42-47(62)26-40-45(51(42)72-57)33-61(54(40)66)46(55(67)68)20-13-25-59-32-44-41(53(59)65)27-48(71-56(69)60-30-38-21-22-39(31-60)70-38)43-29-50(64)58(8,73-52(43)44)24-12-19-37(6)17-10-15-35(3)4/h14-15,18-19,26-27,38-39,46,49-50,62-64H,9-13,16-17,20-25,28-33H2,1-8H3,(H,67,68)/b36-18+,37-19+/t38?,39?,46-,49-,50-,57+,58+/m0/s1. The highest BCUT2D eigenvalue weighted by Gasteiger charge is 2.48. The number of carbonyl (C=O) groups is 4. The van der Waals surface area contributed by atoms with Gasteiger partial charge in [0.1, 0.15) is 40.2 Å². The summed E-state index contributed by atoms with van der Waals surface area (Å²) in [4.78, 5) is 59.9. The van der Waals surface area contributed by atoms with Crippen molar-refractivity contribution >= 4 is 23.9 Å². The number of phenolic OH excluding ortho intramolecular Hbond substituents is 1. The summed E-state index contributed by atoms with van der Waals surface area (Å²) in [6, 6.07) is 1.66. The number of rotatable bonds is 19. The maximum atomic E-state index is 14.4. The van der Waals surface area contributed by atoms with Gasteiger partial charge in [-0.3, -0.25) is 9.59 Å². The van der Waals surface area contributed by atoms with Crippen molar-refractivity contribution in [2.45, 2.75) is 200 Å². The molecule has 4 N–H and O–H groups in total. The van der Waals surface area contributed by atoms with E-state index in [-0.39, 0.29) is 80.5 Å². The van der Waals surface area contributed by atoms with Crippen molar-refractivity contribution in [2.24, 2.45) is 0 Å². The Morgan fingerprint density at radius 1 is 0.740 bits per heavy atom. The fourth-order valence-electron chi connectivity index (χ4n) is 11.4. The number of carboxylic acid groups (broad SMARTS) is 1. The number of ether oxygens (including phenoxy) is 4. The molecule has 8 rings (SSSR count). The lowest BCUT2D eigenvalue weighted by molar-refractivity contribution is -0.142. The van der Waals surface area contributed by atoms with Crippen LogP contribution in [0.1, 0.15) is 175 Å². The minimum Gasteiger partial charge on any atom is -0.508 e. The van der Waals surface area contributed by atoms with E-state index in [9.17, 15) is 39.6 Å². The molecule has 0 saturated carbocycles. The van der Waals surface area contributed by atoms with E-state index in [1.807, 2.05) is 13.8 Å². The highest BCUT2D eigenvalue weighted by atomic mass is 16.6. The Morgan fingerprint density at radius 2 is 1.27 bits per heavy atom. The zero-order valence-corrected chi connectivity index (χ0v) is 44.2. The van der Waals surface area contributed by atoms with E-state index in [0.717, 1.165) is 38.5 Å². The van der Waals surface area contributed by atoms with Gasteiger partial charge in [-0.2, -0.15) is 0 Å². The van der Waals surface area contributed by atoms with Gasteiger partial charge in [0.25, 0.3) is 11.8 Å². The Morgan fingerprint density at radius 3 is 1.84 bits per heavy atom. The second-order valence-electron chi connectivity index (χ2n) is 22.4. The van der Waals surface area contributed by atoms with Crippen LogP contribution in [0.15, 0.2) is 58.7 Å². The molecule has 396 valence electrons. The molecule has 2 bridgehead atoms. The first-order chi connectivity index (χ1) is 34.6. The van der Waals surface area contributed by atoms with E-state index in [1.54, 1.807) is 15.9 Å². The van der Waals surface area contributed by atoms with Gasteiger partial charge < -0.3 is 54.1 Å². The number of likely N-dealkylation sites (tertiary alicyclic amines) is 1. The number of phenols is 1. The van der Waals surface area contributed by atoms with Gasteiger partial charge in [0, 0.05) is 41.6 Å². The van der Waals surface area contributed by atoms with Gasteiger partial charge in [-0.05, 0) is 145 Å². The quantitative estimate of drug-likeness (QED) is 0.0975. The first kappa shape index (κ1) is 53.6. The third-order valence-corrected chi connectivity index (χ3v) is 16.0. The zero-order chi connectivity index (χ0) is 52.5. The van der Waals surface area contributed by atoms with Crippen molar-refractivity contribution < 1.29 is 58.6 Å². The van der Waals surface area contributed by atoms with Crippen LogP contribution in [0.4, 0.5) is 4.79 Å². The summed E-state index contributed by atoms with van der Waals surface area (Å²) in [6.07, 6.45) is 14.5. The van der Waals surface area contributed by atoms with Crippen LogP contribution >= 0.6 is 0 Å². The molecule has 15 heteroatoms. The van der Waals surface area contributed by atoms with Gasteiger partial charge in [0.2, 0.25) is 0 Å². The Balaban J connectivity index is 0.970. The molecule has 6 aliphatic heterocycles. The number of aliphatic hydroxyl groups excluding tert-OH is 2. The minimum absolute atomic E-state index is 0.0183. The highest BCUT2D eigenvalue weighted by molar-refractivity contribution is 6.02. The van der Waals surface area contributed by atoms with Gasteiger partial charge in [-0.15, -0.1) is 0 Å². The fraction of sp³-hybridized carbons (Fsp3) is 0.586. The molecule has 3 amide bonds. The normalized spacial score (nSPS) is 25.6. The first-order valence-corrected chi connectivity index (χ1v) is 26.5. The third-order valence-electron chi connectivity index (χ3n) is 16.0. The molecule has 2 saturated heterocycles. The monoisotopic (exact) mass is 1010 g/mol. The lowest BCUT2D eigenvalue weighted by Crippen LogP contribution is -2.49. The summed E-state index contributed by atoms with van der Waals surface area (Å²) < 4.78 is 25.5. The molecule has 6 heterocycles.